The number of aliphatic hydroxyl groups is 1. The summed E-state index contributed by atoms with van der Waals surface area (Å²) in [6.07, 6.45) is 3.90. The topological polar surface area (TPSA) is 59.7 Å². The van der Waals surface area contributed by atoms with Crippen molar-refractivity contribution >= 4 is 11.0 Å². The summed E-state index contributed by atoms with van der Waals surface area (Å²) in [6, 6.07) is 6.90. The average Bonchev–Trinajstić information content (AvgIpc) is 2.51. The summed E-state index contributed by atoms with van der Waals surface area (Å²) < 4.78 is 11.0. The van der Waals surface area contributed by atoms with Crippen LogP contribution in [0.2, 0.25) is 0 Å². The number of hydrogen-bond acceptors (Lipinski definition) is 4. The van der Waals surface area contributed by atoms with E-state index in [-0.39, 0.29) is 6.61 Å². The number of allylic oxidation sites excluding steroid dienone is 1. The summed E-state index contributed by atoms with van der Waals surface area (Å²) in [5, 5.41) is 10.9. The molecule has 0 saturated heterocycles. The molecule has 1 heterocycles. The first-order valence-corrected chi connectivity index (χ1v) is 8.03. The molecule has 4 heteroatoms. The summed E-state index contributed by atoms with van der Waals surface area (Å²) in [6.45, 7) is 8.10. The van der Waals surface area contributed by atoms with E-state index in [0.717, 1.165) is 16.5 Å². The molecule has 0 aliphatic rings. The van der Waals surface area contributed by atoms with Gasteiger partial charge < -0.3 is 14.3 Å². The fraction of sp³-hybridized carbons (Fsp3) is 0.350. The number of benzene rings is 1. The lowest BCUT2D eigenvalue weighted by atomic mass is 10.1. The first-order valence-electron chi connectivity index (χ1n) is 8.03. The normalized spacial score (nSPS) is 13.0. The Kier molecular flexibility index (Phi) is 5.99. The highest BCUT2D eigenvalue weighted by Crippen LogP contribution is 2.27. The van der Waals surface area contributed by atoms with Gasteiger partial charge in [-0.25, -0.2) is 4.79 Å². The number of aliphatic hydroxyl groups excluding tert-OH is 1. The van der Waals surface area contributed by atoms with E-state index < -0.39 is 11.7 Å². The van der Waals surface area contributed by atoms with Gasteiger partial charge in [-0.15, -0.1) is 0 Å². The molecule has 1 atom stereocenters. The van der Waals surface area contributed by atoms with Crippen molar-refractivity contribution in [3.8, 4) is 5.75 Å². The summed E-state index contributed by atoms with van der Waals surface area (Å²) in [5.74, 6) is 0.502. The molecule has 0 fully saturated rings. The van der Waals surface area contributed by atoms with Crippen LogP contribution in [0.3, 0.4) is 0 Å². The standard InChI is InChI=1S/C20H24O4/c1-13(2)8-9-16(21)14(3)10-11-23-18-12-19(22)24-17-7-5-6-15(4)20(17)18/h5-8,10,12,16,21H,9,11H2,1-4H3. The SMILES string of the molecule is CC(C)=CCC(O)C(C)=CCOc1cc(=O)oc2cccc(C)c12. The summed E-state index contributed by atoms with van der Waals surface area (Å²) in [5.41, 5.74) is 3.08. The van der Waals surface area contributed by atoms with Gasteiger partial charge in [-0.2, -0.15) is 0 Å². The maximum Gasteiger partial charge on any atom is 0.339 e. The number of hydrogen-bond donors (Lipinski definition) is 1. The van der Waals surface area contributed by atoms with E-state index in [2.05, 4.69) is 0 Å². The van der Waals surface area contributed by atoms with Gasteiger partial charge in [-0.1, -0.05) is 23.8 Å². The number of rotatable bonds is 6. The zero-order valence-electron chi connectivity index (χ0n) is 14.6. The molecule has 2 aromatic rings. The molecule has 0 aliphatic carbocycles. The minimum Gasteiger partial charge on any atom is -0.488 e. The van der Waals surface area contributed by atoms with Crippen LogP contribution >= 0.6 is 0 Å². The highest BCUT2D eigenvalue weighted by Gasteiger charge is 2.09. The molecular weight excluding hydrogens is 304 g/mol. The van der Waals surface area contributed by atoms with Gasteiger partial charge in [-0.3, -0.25) is 0 Å². The Morgan fingerprint density at radius 1 is 1.29 bits per heavy atom. The fourth-order valence-electron chi connectivity index (χ4n) is 2.40. The molecule has 0 amide bonds. The van der Waals surface area contributed by atoms with Crippen molar-refractivity contribution in [2.45, 2.75) is 40.2 Å². The van der Waals surface area contributed by atoms with Crippen LogP contribution < -0.4 is 10.4 Å². The van der Waals surface area contributed by atoms with Crippen LogP contribution in [0.1, 0.15) is 32.8 Å². The van der Waals surface area contributed by atoms with Crippen molar-refractivity contribution in [1.29, 1.82) is 0 Å². The van der Waals surface area contributed by atoms with Crippen LogP contribution in [0, 0.1) is 6.92 Å². The molecule has 2 rings (SSSR count). The van der Waals surface area contributed by atoms with Gasteiger partial charge in [0.25, 0.3) is 0 Å². The molecule has 1 aromatic carbocycles. The predicted octanol–water partition coefficient (Wildman–Crippen LogP) is 4.14. The zero-order valence-corrected chi connectivity index (χ0v) is 14.6. The van der Waals surface area contributed by atoms with E-state index in [1.54, 1.807) is 6.07 Å². The van der Waals surface area contributed by atoms with Gasteiger partial charge in [0, 0.05) is 0 Å². The Balaban J connectivity index is 2.15. The average molecular weight is 328 g/mol. The molecule has 0 bridgehead atoms. The second-order valence-corrected chi connectivity index (χ2v) is 6.17. The number of aryl methyl sites for hydroxylation is 1. The van der Waals surface area contributed by atoms with Crippen molar-refractivity contribution < 1.29 is 14.3 Å². The van der Waals surface area contributed by atoms with Gasteiger partial charge in [0.1, 0.15) is 17.9 Å². The van der Waals surface area contributed by atoms with E-state index in [4.69, 9.17) is 9.15 Å². The quantitative estimate of drug-likeness (QED) is 0.639. The van der Waals surface area contributed by atoms with E-state index in [1.165, 1.54) is 11.6 Å². The Bertz CT molecular complexity index is 823. The Morgan fingerprint density at radius 3 is 2.75 bits per heavy atom. The molecule has 0 radical (unpaired) electrons. The lowest BCUT2D eigenvalue weighted by Gasteiger charge is -2.11. The van der Waals surface area contributed by atoms with Gasteiger partial charge in [0.2, 0.25) is 0 Å². The Morgan fingerprint density at radius 2 is 2.04 bits per heavy atom. The second kappa shape index (κ2) is 7.97. The van der Waals surface area contributed by atoms with Crippen LogP contribution in [-0.2, 0) is 0 Å². The molecule has 1 aromatic heterocycles. The van der Waals surface area contributed by atoms with Crippen LogP contribution in [0.4, 0.5) is 0 Å². The van der Waals surface area contributed by atoms with E-state index in [1.807, 2.05) is 52.0 Å². The summed E-state index contributed by atoms with van der Waals surface area (Å²) in [7, 11) is 0. The molecule has 0 spiro atoms. The van der Waals surface area contributed by atoms with Crippen molar-refractivity contribution in [1.82, 2.24) is 0 Å². The first-order chi connectivity index (χ1) is 11.4. The van der Waals surface area contributed by atoms with Crippen molar-refractivity contribution in [2.24, 2.45) is 0 Å². The van der Waals surface area contributed by atoms with Crippen molar-refractivity contribution in [3.63, 3.8) is 0 Å². The largest absolute Gasteiger partial charge is 0.488 e. The van der Waals surface area contributed by atoms with Crippen LogP contribution in [-0.4, -0.2) is 17.8 Å². The maximum absolute atomic E-state index is 11.7. The number of fused-ring (bicyclic) bond motifs is 1. The minimum atomic E-state index is -0.525. The molecule has 4 nitrogen and oxygen atoms in total. The zero-order chi connectivity index (χ0) is 17.7. The van der Waals surface area contributed by atoms with Crippen LogP contribution in [0.5, 0.6) is 5.75 Å². The Hall–Kier alpha value is -2.33. The van der Waals surface area contributed by atoms with Crippen LogP contribution in [0.25, 0.3) is 11.0 Å². The van der Waals surface area contributed by atoms with Crippen molar-refractivity contribution in [3.05, 3.63) is 63.5 Å². The van der Waals surface area contributed by atoms with Gasteiger partial charge >= 0.3 is 5.63 Å². The highest BCUT2D eigenvalue weighted by molar-refractivity contribution is 5.86. The number of ether oxygens (including phenoxy) is 1. The van der Waals surface area contributed by atoms with Gasteiger partial charge in [0.15, 0.2) is 0 Å². The van der Waals surface area contributed by atoms with Gasteiger partial charge in [-0.05, 0) is 57.4 Å². The Labute approximate surface area is 142 Å². The third-order valence-electron chi connectivity index (χ3n) is 3.86. The molecule has 24 heavy (non-hydrogen) atoms. The molecule has 1 unspecified atom stereocenters. The summed E-state index contributed by atoms with van der Waals surface area (Å²) in [4.78, 5) is 11.7. The van der Waals surface area contributed by atoms with E-state index >= 15 is 0 Å². The summed E-state index contributed by atoms with van der Waals surface area (Å²) >= 11 is 0. The van der Waals surface area contributed by atoms with E-state index in [9.17, 15) is 9.90 Å². The lowest BCUT2D eigenvalue weighted by Crippen LogP contribution is -2.09. The maximum atomic E-state index is 11.7. The van der Waals surface area contributed by atoms with Crippen molar-refractivity contribution in [2.75, 3.05) is 6.61 Å². The second-order valence-electron chi connectivity index (χ2n) is 6.17. The predicted molar refractivity (Wildman–Crippen MR) is 96.5 cm³/mol. The third kappa shape index (κ3) is 4.59. The molecule has 128 valence electrons. The van der Waals surface area contributed by atoms with Crippen LogP contribution in [0.15, 0.2) is 56.8 Å². The highest BCUT2D eigenvalue weighted by atomic mass is 16.5. The minimum absolute atomic E-state index is 0.282. The smallest absolute Gasteiger partial charge is 0.339 e. The molecule has 0 saturated carbocycles. The molecule has 1 N–H and O–H groups in total. The van der Waals surface area contributed by atoms with E-state index in [0.29, 0.717) is 17.8 Å². The molecular formula is C20H24O4. The first kappa shape index (κ1) is 18.0. The lowest BCUT2D eigenvalue weighted by molar-refractivity contribution is 0.212. The van der Waals surface area contributed by atoms with Gasteiger partial charge in [0.05, 0.1) is 17.6 Å². The fourth-order valence-corrected chi connectivity index (χ4v) is 2.40. The monoisotopic (exact) mass is 328 g/mol. The molecule has 0 aliphatic heterocycles. The third-order valence-corrected chi connectivity index (χ3v) is 3.86.